The fourth-order valence-corrected chi connectivity index (χ4v) is 1.41. The van der Waals surface area contributed by atoms with Crippen LogP contribution in [0.15, 0.2) is 21.6 Å². The lowest BCUT2D eigenvalue weighted by molar-refractivity contribution is 0.618. The standard InChI is InChI=1S/C8H9BrFN3/c1-4-2-5(9)7(3-6(4)10)13-8(11)12/h2-3H,1H3,(H4,11,12,13). The summed E-state index contributed by atoms with van der Waals surface area (Å²) in [5.74, 6) is -0.424. The van der Waals surface area contributed by atoms with Crippen LogP contribution in [0.25, 0.3) is 0 Å². The van der Waals surface area contributed by atoms with Crippen molar-refractivity contribution in [3.8, 4) is 0 Å². The molecular formula is C8H9BrFN3. The van der Waals surface area contributed by atoms with Gasteiger partial charge in [-0.05, 0) is 34.5 Å². The summed E-state index contributed by atoms with van der Waals surface area (Å²) in [5, 5.41) is 0. The third-order valence-electron chi connectivity index (χ3n) is 1.48. The van der Waals surface area contributed by atoms with Gasteiger partial charge in [-0.15, -0.1) is 0 Å². The molecule has 0 amide bonds. The number of halogens is 2. The van der Waals surface area contributed by atoms with Crippen molar-refractivity contribution in [1.29, 1.82) is 0 Å². The lowest BCUT2D eigenvalue weighted by atomic mass is 10.2. The van der Waals surface area contributed by atoms with E-state index in [0.717, 1.165) is 0 Å². The van der Waals surface area contributed by atoms with E-state index < -0.39 is 0 Å². The van der Waals surface area contributed by atoms with Gasteiger partial charge in [-0.25, -0.2) is 9.38 Å². The van der Waals surface area contributed by atoms with Gasteiger partial charge in [-0.1, -0.05) is 0 Å². The van der Waals surface area contributed by atoms with E-state index in [-0.39, 0.29) is 11.8 Å². The first-order chi connectivity index (χ1) is 6.00. The van der Waals surface area contributed by atoms with Crippen molar-refractivity contribution < 1.29 is 4.39 Å². The first-order valence-electron chi connectivity index (χ1n) is 3.56. The Bertz CT molecular complexity index is 359. The monoisotopic (exact) mass is 245 g/mol. The summed E-state index contributed by atoms with van der Waals surface area (Å²) >= 11 is 3.22. The molecule has 0 radical (unpaired) electrons. The average Bonchev–Trinajstić information content (AvgIpc) is 1.99. The van der Waals surface area contributed by atoms with Crippen LogP contribution in [0.4, 0.5) is 10.1 Å². The minimum absolute atomic E-state index is 0.0936. The first-order valence-corrected chi connectivity index (χ1v) is 4.35. The molecule has 1 rings (SSSR count). The maximum Gasteiger partial charge on any atom is 0.191 e. The summed E-state index contributed by atoms with van der Waals surface area (Å²) in [4.78, 5) is 3.75. The number of benzene rings is 1. The number of aryl methyl sites for hydroxylation is 1. The highest BCUT2D eigenvalue weighted by atomic mass is 79.9. The molecule has 0 atom stereocenters. The van der Waals surface area contributed by atoms with Crippen LogP contribution >= 0.6 is 15.9 Å². The molecule has 0 aliphatic heterocycles. The molecule has 0 saturated carbocycles. The van der Waals surface area contributed by atoms with E-state index in [1.807, 2.05) is 0 Å². The van der Waals surface area contributed by atoms with Gasteiger partial charge in [-0.3, -0.25) is 0 Å². The van der Waals surface area contributed by atoms with E-state index in [1.54, 1.807) is 13.0 Å². The molecular weight excluding hydrogens is 237 g/mol. The minimum Gasteiger partial charge on any atom is -0.370 e. The Balaban J connectivity index is 3.24. The van der Waals surface area contributed by atoms with Crippen LogP contribution in [0, 0.1) is 12.7 Å². The molecule has 70 valence electrons. The fraction of sp³-hybridized carbons (Fsp3) is 0.125. The van der Waals surface area contributed by atoms with Gasteiger partial charge >= 0.3 is 0 Å². The molecule has 0 spiro atoms. The molecule has 4 N–H and O–H groups in total. The molecule has 0 bridgehead atoms. The van der Waals surface area contributed by atoms with E-state index in [4.69, 9.17) is 11.5 Å². The SMILES string of the molecule is Cc1cc(Br)c(N=C(N)N)cc1F. The summed E-state index contributed by atoms with van der Waals surface area (Å²) in [6, 6.07) is 2.90. The van der Waals surface area contributed by atoms with Crippen molar-refractivity contribution in [1.82, 2.24) is 0 Å². The van der Waals surface area contributed by atoms with Crippen molar-refractivity contribution in [3.63, 3.8) is 0 Å². The second-order valence-corrected chi connectivity index (χ2v) is 3.44. The van der Waals surface area contributed by atoms with Gasteiger partial charge in [0.15, 0.2) is 5.96 Å². The highest BCUT2D eigenvalue weighted by molar-refractivity contribution is 9.10. The van der Waals surface area contributed by atoms with Gasteiger partial charge in [0.25, 0.3) is 0 Å². The Morgan fingerprint density at radius 3 is 2.62 bits per heavy atom. The average molecular weight is 246 g/mol. The van der Waals surface area contributed by atoms with Crippen molar-refractivity contribution >= 4 is 27.6 Å². The quantitative estimate of drug-likeness (QED) is 0.586. The number of aliphatic imine (C=N–C) groups is 1. The smallest absolute Gasteiger partial charge is 0.191 e. The Morgan fingerprint density at radius 1 is 1.46 bits per heavy atom. The molecule has 0 aromatic heterocycles. The second kappa shape index (κ2) is 3.74. The Hall–Kier alpha value is -1.10. The highest BCUT2D eigenvalue weighted by Gasteiger charge is 2.04. The molecule has 0 saturated heterocycles. The van der Waals surface area contributed by atoms with Crippen LogP contribution in [0.1, 0.15) is 5.56 Å². The van der Waals surface area contributed by atoms with Gasteiger partial charge < -0.3 is 11.5 Å². The second-order valence-electron chi connectivity index (χ2n) is 2.59. The van der Waals surface area contributed by atoms with Crippen LogP contribution in [-0.2, 0) is 0 Å². The Kier molecular flexibility index (Phi) is 2.87. The highest BCUT2D eigenvalue weighted by Crippen LogP contribution is 2.27. The van der Waals surface area contributed by atoms with E-state index >= 15 is 0 Å². The zero-order valence-corrected chi connectivity index (χ0v) is 8.60. The number of nitrogens with zero attached hydrogens (tertiary/aromatic N) is 1. The zero-order chi connectivity index (χ0) is 10.0. The molecule has 5 heteroatoms. The molecule has 0 aliphatic rings. The molecule has 0 fully saturated rings. The number of rotatable bonds is 1. The number of guanidine groups is 1. The van der Waals surface area contributed by atoms with Gasteiger partial charge in [0, 0.05) is 10.5 Å². The number of hydrogen-bond acceptors (Lipinski definition) is 1. The summed E-state index contributed by atoms with van der Waals surface area (Å²) in [5.41, 5.74) is 11.3. The maximum absolute atomic E-state index is 13.0. The molecule has 0 aliphatic carbocycles. The number of hydrogen-bond donors (Lipinski definition) is 2. The fourth-order valence-electron chi connectivity index (χ4n) is 0.861. The van der Waals surface area contributed by atoms with E-state index in [9.17, 15) is 4.39 Å². The zero-order valence-electron chi connectivity index (χ0n) is 7.01. The van der Waals surface area contributed by atoms with Crippen LogP contribution in [-0.4, -0.2) is 5.96 Å². The van der Waals surface area contributed by atoms with Crippen LogP contribution in [0.2, 0.25) is 0 Å². The number of nitrogens with two attached hydrogens (primary N) is 2. The molecule has 0 heterocycles. The van der Waals surface area contributed by atoms with Gasteiger partial charge in [0.2, 0.25) is 0 Å². The van der Waals surface area contributed by atoms with E-state index in [0.29, 0.717) is 15.7 Å². The van der Waals surface area contributed by atoms with E-state index in [2.05, 4.69) is 20.9 Å². The van der Waals surface area contributed by atoms with Crippen molar-refractivity contribution in [2.24, 2.45) is 16.5 Å². The third-order valence-corrected chi connectivity index (χ3v) is 2.11. The van der Waals surface area contributed by atoms with Crippen LogP contribution in [0.5, 0.6) is 0 Å². The first kappa shape index (κ1) is 9.98. The summed E-state index contributed by atoms with van der Waals surface area (Å²) in [6.07, 6.45) is 0. The molecule has 1 aromatic carbocycles. The Labute approximate surface area is 83.8 Å². The van der Waals surface area contributed by atoms with Crippen molar-refractivity contribution in [2.45, 2.75) is 6.92 Å². The summed E-state index contributed by atoms with van der Waals surface area (Å²) < 4.78 is 13.7. The summed E-state index contributed by atoms with van der Waals surface area (Å²) in [6.45, 7) is 1.67. The Morgan fingerprint density at radius 2 is 2.08 bits per heavy atom. The molecule has 1 aromatic rings. The molecule has 13 heavy (non-hydrogen) atoms. The van der Waals surface area contributed by atoms with Gasteiger partial charge in [0.05, 0.1) is 5.69 Å². The molecule has 0 unspecified atom stereocenters. The van der Waals surface area contributed by atoms with E-state index in [1.165, 1.54) is 6.07 Å². The predicted molar refractivity (Wildman–Crippen MR) is 54.3 cm³/mol. The lowest BCUT2D eigenvalue weighted by Gasteiger charge is -2.01. The summed E-state index contributed by atoms with van der Waals surface area (Å²) in [7, 11) is 0. The van der Waals surface area contributed by atoms with Crippen molar-refractivity contribution in [3.05, 3.63) is 28.0 Å². The normalized spacial score (nSPS) is 9.77. The topological polar surface area (TPSA) is 64.4 Å². The van der Waals surface area contributed by atoms with Gasteiger partial charge in [0.1, 0.15) is 5.82 Å². The van der Waals surface area contributed by atoms with Gasteiger partial charge in [-0.2, -0.15) is 0 Å². The largest absolute Gasteiger partial charge is 0.370 e. The van der Waals surface area contributed by atoms with Crippen LogP contribution in [0.3, 0.4) is 0 Å². The third kappa shape index (κ3) is 2.42. The lowest BCUT2D eigenvalue weighted by Crippen LogP contribution is -2.21. The maximum atomic E-state index is 13.0. The predicted octanol–water partition coefficient (Wildman–Crippen LogP) is 1.80. The van der Waals surface area contributed by atoms with Crippen molar-refractivity contribution in [2.75, 3.05) is 0 Å². The molecule has 3 nitrogen and oxygen atoms in total. The van der Waals surface area contributed by atoms with Crippen LogP contribution < -0.4 is 11.5 Å². The minimum atomic E-state index is -0.330.